The van der Waals surface area contributed by atoms with Crippen molar-refractivity contribution in [2.24, 2.45) is 0 Å². The van der Waals surface area contributed by atoms with Gasteiger partial charge in [0.25, 0.3) is 5.91 Å². The first-order valence-corrected chi connectivity index (χ1v) is 9.58. The van der Waals surface area contributed by atoms with Gasteiger partial charge in [0, 0.05) is 32.6 Å². The summed E-state index contributed by atoms with van der Waals surface area (Å²) >= 11 is 0. The van der Waals surface area contributed by atoms with Crippen molar-refractivity contribution in [3.8, 4) is 11.8 Å². The number of likely N-dealkylation sites (N-methyl/N-ethyl adjacent to an activating group) is 1. The van der Waals surface area contributed by atoms with Crippen molar-refractivity contribution in [2.75, 3.05) is 44.7 Å². The summed E-state index contributed by atoms with van der Waals surface area (Å²) in [6.45, 7) is 5.02. The zero-order valence-electron chi connectivity index (χ0n) is 16.4. The normalized spacial score (nSPS) is 20.0. The number of piperazine rings is 1. The summed E-state index contributed by atoms with van der Waals surface area (Å²) in [6.07, 6.45) is 0.504. The molecule has 148 valence electrons. The van der Waals surface area contributed by atoms with Crippen molar-refractivity contribution >= 4 is 23.4 Å². The highest BCUT2D eigenvalue weighted by Crippen LogP contribution is 2.25. The van der Waals surface area contributed by atoms with E-state index in [9.17, 15) is 14.4 Å². The Labute approximate surface area is 165 Å². The number of carbonyl (C=O) groups is 3. The van der Waals surface area contributed by atoms with Crippen LogP contribution in [0.25, 0.3) is 0 Å². The van der Waals surface area contributed by atoms with Gasteiger partial charge in [-0.2, -0.15) is 0 Å². The van der Waals surface area contributed by atoms with Gasteiger partial charge < -0.3 is 15.1 Å². The Balaban J connectivity index is 1.73. The highest BCUT2D eigenvalue weighted by atomic mass is 16.2. The number of nitrogens with zero attached hydrogens (tertiary/aromatic N) is 3. The maximum absolute atomic E-state index is 13.1. The minimum Gasteiger partial charge on any atom is -0.340 e. The van der Waals surface area contributed by atoms with Gasteiger partial charge in [0.05, 0.1) is 17.8 Å². The number of fused-ring (bicyclic) bond motifs is 1. The summed E-state index contributed by atoms with van der Waals surface area (Å²) in [5, 5.41) is 2.80. The predicted octanol–water partition coefficient (Wildman–Crippen LogP) is 0.709. The third-order valence-corrected chi connectivity index (χ3v) is 5.23. The molecule has 7 nitrogen and oxygen atoms in total. The smallest absolute Gasteiger partial charge is 0.254 e. The molecule has 1 aromatic rings. The van der Waals surface area contributed by atoms with E-state index in [2.05, 4.69) is 22.1 Å². The standard InChI is InChI=1S/C21H26N4O3/c1-3-4-11-25-18-8-6-5-7-16(18)20(27)22-17(21(25)28)9-10-19(26)24-14-12-23(2)13-15-24/h5-8,17H,9-15H2,1-2H3,(H,22,27). The van der Waals surface area contributed by atoms with E-state index in [-0.39, 0.29) is 37.1 Å². The molecule has 28 heavy (non-hydrogen) atoms. The average molecular weight is 382 g/mol. The molecule has 2 aliphatic rings. The highest BCUT2D eigenvalue weighted by molar-refractivity contribution is 6.11. The fourth-order valence-electron chi connectivity index (χ4n) is 3.50. The van der Waals surface area contributed by atoms with E-state index in [1.807, 2.05) is 11.9 Å². The lowest BCUT2D eigenvalue weighted by Gasteiger charge is -2.32. The largest absolute Gasteiger partial charge is 0.340 e. The zero-order chi connectivity index (χ0) is 20.1. The van der Waals surface area contributed by atoms with Crippen LogP contribution in [0, 0.1) is 11.8 Å². The molecule has 1 saturated heterocycles. The second kappa shape index (κ2) is 8.89. The molecule has 3 rings (SSSR count). The summed E-state index contributed by atoms with van der Waals surface area (Å²) in [6, 6.07) is 6.27. The van der Waals surface area contributed by atoms with E-state index in [0.29, 0.717) is 24.3 Å². The number of amides is 3. The van der Waals surface area contributed by atoms with Gasteiger partial charge in [0.15, 0.2) is 0 Å². The van der Waals surface area contributed by atoms with Crippen LogP contribution >= 0.6 is 0 Å². The first-order valence-electron chi connectivity index (χ1n) is 9.58. The van der Waals surface area contributed by atoms with Crippen LogP contribution in [0.5, 0.6) is 0 Å². The van der Waals surface area contributed by atoms with Gasteiger partial charge in [-0.15, -0.1) is 5.92 Å². The van der Waals surface area contributed by atoms with Gasteiger partial charge in [-0.1, -0.05) is 18.1 Å². The second-order valence-corrected chi connectivity index (χ2v) is 7.12. The molecule has 0 bridgehead atoms. The lowest BCUT2D eigenvalue weighted by molar-refractivity contribution is -0.133. The number of anilines is 1. The Morgan fingerprint density at radius 2 is 1.89 bits per heavy atom. The van der Waals surface area contributed by atoms with Crippen molar-refractivity contribution in [3.63, 3.8) is 0 Å². The van der Waals surface area contributed by atoms with Gasteiger partial charge in [-0.3, -0.25) is 19.3 Å². The summed E-state index contributed by atoms with van der Waals surface area (Å²) in [5.74, 6) is 5.20. The number of hydrogen-bond donors (Lipinski definition) is 1. The maximum Gasteiger partial charge on any atom is 0.254 e. The molecular formula is C21H26N4O3. The third kappa shape index (κ3) is 4.34. The molecule has 2 heterocycles. The molecule has 0 saturated carbocycles. The number of rotatable bonds is 4. The van der Waals surface area contributed by atoms with Crippen LogP contribution in [-0.4, -0.2) is 73.3 Å². The van der Waals surface area contributed by atoms with E-state index >= 15 is 0 Å². The lowest BCUT2D eigenvalue weighted by atomic mass is 10.1. The first kappa shape index (κ1) is 19.9. The molecule has 0 aromatic heterocycles. The van der Waals surface area contributed by atoms with Crippen LogP contribution in [0.1, 0.15) is 30.1 Å². The Morgan fingerprint density at radius 1 is 1.18 bits per heavy atom. The molecule has 0 spiro atoms. The Kier molecular flexibility index (Phi) is 6.32. The molecular weight excluding hydrogens is 356 g/mol. The average Bonchev–Trinajstić information content (AvgIpc) is 2.80. The van der Waals surface area contributed by atoms with Crippen molar-refractivity contribution in [3.05, 3.63) is 29.8 Å². The van der Waals surface area contributed by atoms with Crippen LogP contribution < -0.4 is 10.2 Å². The number of para-hydroxylation sites is 1. The van der Waals surface area contributed by atoms with E-state index in [4.69, 9.17) is 0 Å². The SMILES string of the molecule is CC#CCN1C(=O)C(CCC(=O)N2CCN(C)CC2)NC(=O)c2ccccc21. The van der Waals surface area contributed by atoms with Crippen molar-refractivity contribution in [1.82, 2.24) is 15.1 Å². The van der Waals surface area contributed by atoms with Gasteiger partial charge in [0.2, 0.25) is 11.8 Å². The third-order valence-electron chi connectivity index (χ3n) is 5.23. The summed E-state index contributed by atoms with van der Waals surface area (Å²) in [7, 11) is 2.03. The number of hydrogen-bond acceptors (Lipinski definition) is 4. The molecule has 0 radical (unpaired) electrons. The lowest BCUT2D eigenvalue weighted by Crippen LogP contribution is -2.49. The second-order valence-electron chi connectivity index (χ2n) is 7.12. The van der Waals surface area contributed by atoms with Crippen molar-refractivity contribution in [2.45, 2.75) is 25.8 Å². The monoisotopic (exact) mass is 382 g/mol. The molecule has 3 amide bonds. The molecule has 7 heteroatoms. The van der Waals surface area contributed by atoms with Crippen LogP contribution in [0.3, 0.4) is 0 Å². The Bertz CT molecular complexity index is 818. The first-order chi connectivity index (χ1) is 13.5. The number of benzene rings is 1. The molecule has 2 aliphatic heterocycles. The van der Waals surface area contributed by atoms with Gasteiger partial charge in [-0.25, -0.2) is 0 Å². The molecule has 1 aromatic carbocycles. The van der Waals surface area contributed by atoms with Crippen molar-refractivity contribution < 1.29 is 14.4 Å². The van der Waals surface area contributed by atoms with Crippen LogP contribution in [0.15, 0.2) is 24.3 Å². The minimum absolute atomic E-state index is 0.0248. The molecule has 1 atom stereocenters. The van der Waals surface area contributed by atoms with Gasteiger partial charge in [0.1, 0.15) is 6.04 Å². The van der Waals surface area contributed by atoms with E-state index in [1.54, 1.807) is 31.2 Å². The fraction of sp³-hybridized carbons (Fsp3) is 0.476. The van der Waals surface area contributed by atoms with Crippen molar-refractivity contribution in [1.29, 1.82) is 0 Å². The Hall–Kier alpha value is -2.85. The summed E-state index contributed by atoms with van der Waals surface area (Å²) in [4.78, 5) is 43.8. The Morgan fingerprint density at radius 3 is 2.61 bits per heavy atom. The number of carbonyl (C=O) groups excluding carboxylic acids is 3. The number of nitrogens with one attached hydrogen (secondary N) is 1. The maximum atomic E-state index is 13.1. The van der Waals surface area contributed by atoms with E-state index < -0.39 is 6.04 Å². The minimum atomic E-state index is -0.741. The topological polar surface area (TPSA) is 73.0 Å². The predicted molar refractivity (Wildman–Crippen MR) is 107 cm³/mol. The van der Waals surface area contributed by atoms with Gasteiger partial charge >= 0.3 is 0 Å². The van der Waals surface area contributed by atoms with E-state index in [1.165, 1.54) is 4.90 Å². The quantitative estimate of drug-likeness (QED) is 0.779. The van der Waals surface area contributed by atoms with Gasteiger partial charge in [-0.05, 0) is 32.5 Å². The highest BCUT2D eigenvalue weighted by Gasteiger charge is 2.33. The zero-order valence-corrected chi connectivity index (χ0v) is 16.4. The van der Waals surface area contributed by atoms with E-state index in [0.717, 1.165) is 13.1 Å². The molecule has 1 N–H and O–H groups in total. The van der Waals surface area contributed by atoms with Crippen LogP contribution in [-0.2, 0) is 9.59 Å². The summed E-state index contributed by atoms with van der Waals surface area (Å²) < 4.78 is 0. The molecule has 0 aliphatic carbocycles. The van der Waals surface area contributed by atoms with Crippen LogP contribution in [0.4, 0.5) is 5.69 Å². The van der Waals surface area contributed by atoms with Crippen LogP contribution in [0.2, 0.25) is 0 Å². The molecule has 1 fully saturated rings. The fourth-order valence-corrected chi connectivity index (χ4v) is 3.50. The molecule has 1 unspecified atom stereocenters. The summed E-state index contributed by atoms with van der Waals surface area (Å²) in [5.41, 5.74) is 1.00.